The highest BCUT2D eigenvalue weighted by Crippen LogP contribution is 2.35. The number of anilines is 1. The Morgan fingerprint density at radius 2 is 2.00 bits per heavy atom. The van der Waals surface area contributed by atoms with Gasteiger partial charge in [-0.15, -0.1) is 0 Å². The van der Waals surface area contributed by atoms with E-state index in [1.807, 2.05) is 19.9 Å². The summed E-state index contributed by atoms with van der Waals surface area (Å²) in [5, 5.41) is 0. The molecule has 1 saturated heterocycles. The topological polar surface area (TPSA) is 101 Å². The third-order valence-corrected chi connectivity index (χ3v) is 5.40. The number of carbonyl (C=O) groups is 2. The third-order valence-electron chi connectivity index (χ3n) is 5.40. The van der Waals surface area contributed by atoms with Crippen LogP contribution >= 0.6 is 0 Å². The number of likely N-dealkylation sites (N-methyl/N-ethyl adjacent to an activating group) is 1. The molecule has 0 bridgehead atoms. The molecule has 2 aromatic heterocycles. The summed E-state index contributed by atoms with van der Waals surface area (Å²) in [5.74, 6) is -0.0156. The van der Waals surface area contributed by atoms with Crippen molar-refractivity contribution in [2.75, 3.05) is 50.8 Å². The van der Waals surface area contributed by atoms with Crippen LogP contribution in [0.3, 0.4) is 0 Å². The number of hydrogen-bond acceptors (Lipinski definition) is 8. The maximum Gasteiger partial charge on any atom is 0.412 e. The number of aryl methyl sites for hydroxylation is 1. The molecule has 4 heterocycles. The van der Waals surface area contributed by atoms with Crippen LogP contribution in [0.5, 0.6) is 0 Å². The van der Waals surface area contributed by atoms with Gasteiger partial charge in [-0.25, -0.2) is 19.7 Å². The van der Waals surface area contributed by atoms with E-state index in [9.17, 15) is 9.59 Å². The number of rotatable bonds is 6. The van der Waals surface area contributed by atoms with Gasteiger partial charge >= 0.3 is 6.09 Å². The molecular formula is C21H26N6O4. The number of amides is 2. The van der Waals surface area contributed by atoms with E-state index in [0.29, 0.717) is 37.8 Å². The molecule has 0 aromatic carbocycles. The number of aromatic nitrogens is 3. The maximum absolute atomic E-state index is 13.0. The van der Waals surface area contributed by atoms with E-state index in [1.165, 1.54) is 17.3 Å². The fourth-order valence-corrected chi connectivity index (χ4v) is 3.61. The van der Waals surface area contributed by atoms with Crippen molar-refractivity contribution in [2.45, 2.75) is 20.1 Å². The first-order chi connectivity index (χ1) is 15.1. The minimum Gasteiger partial charge on any atom is -0.419 e. The van der Waals surface area contributed by atoms with Crippen molar-refractivity contribution in [1.82, 2.24) is 24.8 Å². The van der Waals surface area contributed by atoms with Gasteiger partial charge in [-0.2, -0.15) is 0 Å². The van der Waals surface area contributed by atoms with Gasteiger partial charge < -0.3 is 14.4 Å². The molecule has 0 aliphatic carbocycles. The molecule has 164 valence electrons. The molecule has 10 heteroatoms. The zero-order valence-electron chi connectivity index (χ0n) is 17.7. The van der Waals surface area contributed by atoms with Crippen LogP contribution in [0.25, 0.3) is 0 Å². The Labute approximate surface area is 180 Å². The first kappa shape index (κ1) is 21.1. The molecule has 2 aliphatic rings. The van der Waals surface area contributed by atoms with Crippen LogP contribution in [-0.2, 0) is 9.47 Å². The lowest BCUT2D eigenvalue weighted by Crippen LogP contribution is -2.44. The molecule has 0 saturated carbocycles. The summed E-state index contributed by atoms with van der Waals surface area (Å²) >= 11 is 0. The van der Waals surface area contributed by atoms with Gasteiger partial charge in [0.1, 0.15) is 11.5 Å². The summed E-state index contributed by atoms with van der Waals surface area (Å²) in [5.41, 5.74) is 1.43. The zero-order chi connectivity index (χ0) is 21.8. The van der Waals surface area contributed by atoms with Crippen LogP contribution in [0.1, 0.15) is 34.9 Å². The minimum atomic E-state index is -1.02. The van der Waals surface area contributed by atoms with Crippen LogP contribution in [-0.4, -0.2) is 82.7 Å². The maximum atomic E-state index is 13.0. The summed E-state index contributed by atoms with van der Waals surface area (Å²) in [6.45, 7) is 8.64. The van der Waals surface area contributed by atoms with Gasteiger partial charge in [-0.1, -0.05) is 6.07 Å². The number of hydrogen-bond donors (Lipinski definition) is 0. The molecule has 2 aromatic rings. The van der Waals surface area contributed by atoms with Gasteiger partial charge in [0.05, 0.1) is 13.2 Å². The lowest BCUT2D eigenvalue weighted by molar-refractivity contribution is 0.0287. The molecule has 0 unspecified atom stereocenters. The van der Waals surface area contributed by atoms with E-state index in [1.54, 1.807) is 17.2 Å². The molecule has 0 radical (unpaired) electrons. The molecule has 4 rings (SSSR count). The Morgan fingerprint density at radius 3 is 2.71 bits per heavy atom. The number of ether oxygens (including phenoxy) is 2. The standard InChI is InChI=1S/C21H26N6O4/c1-3-26(9-8-25-10-12-30-13-11-25)21(29)31-20-18-17(22-6-7-23-18)19(28)27(20)16-5-4-15(2)14-24-16/h4-7,14,20H,3,8-13H2,1-2H3/t20-/m0/s1. The highest BCUT2D eigenvalue weighted by Gasteiger charge is 2.44. The predicted molar refractivity (Wildman–Crippen MR) is 112 cm³/mol. The van der Waals surface area contributed by atoms with Crippen LogP contribution in [0, 0.1) is 6.92 Å². The van der Waals surface area contributed by atoms with Crippen LogP contribution in [0.15, 0.2) is 30.7 Å². The van der Waals surface area contributed by atoms with Crippen molar-refractivity contribution >= 4 is 17.8 Å². The molecule has 31 heavy (non-hydrogen) atoms. The number of morpholine rings is 1. The minimum absolute atomic E-state index is 0.166. The predicted octanol–water partition coefficient (Wildman–Crippen LogP) is 1.63. The average molecular weight is 426 g/mol. The summed E-state index contributed by atoms with van der Waals surface area (Å²) in [6.07, 6.45) is 3.06. The second kappa shape index (κ2) is 9.36. The highest BCUT2D eigenvalue weighted by molar-refractivity contribution is 6.08. The Morgan fingerprint density at radius 1 is 1.23 bits per heavy atom. The average Bonchev–Trinajstić information content (AvgIpc) is 3.07. The SMILES string of the molecule is CCN(CCN1CCOCC1)C(=O)O[C@H]1c2nccnc2C(=O)N1c1ccc(C)cn1. The molecule has 2 aliphatic heterocycles. The quantitative estimate of drug-likeness (QED) is 0.687. The summed E-state index contributed by atoms with van der Waals surface area (Å²) in [4.78, 5) is 44.0. The highest BCUT2D eigenvalue weighted by atomic mass is 16.6. The molecule has 0 spiro atoms. The summed E-state index contributed by atoms with van der Waals surface area (Å²) in [7, 11) is 0. The molecular weight excluding hydrogens is 400 g/mol. The van der Waals surface area contributed by atoms with E-state index >= 15 is 0 Å². The normalized spacial score (nSPS) is 18.7. The Hall–Kier alpha value is -3.11. The second-order valence-electron chi connectivity index (χ2n) is 7.43. The number of fused-ring (bicyclic) bond motifs is 1. The van der Waals surface area contributed by atoms with E-state index in [4.69, 9.17) is 9.47 Å². The van der Waals surface area contributed by atoms with E-state index in [-0.39, 0.29) is 5.69 Å². The van der Waals surface area contributed by atoms with Crippen molar-refractivity contribution in [3.63, 3.8) is 0 Å². The van der Waals surface area contributed by atoms with Gasteiger partial charge in [0.2, 0.25) is 6.23 Å². The molecule has 0 N–H and O–H groups in total. The molecule has 1 fully saturated rings. The van der Waals surface area contributed by atoms with Crippen molar-refractivity contribution in [1.29, 1.82) is 0 Å². The van der Waals surface area contributed by atoms with Crippen LogP contribution in [0.2, 0.25) is 0 Å². The van der Waals surface area contributed by atoms with Crippen molar-refractivity contribution in [3.8, 4) is 0 Å². The zero-order valence-corrected chi connectivity index (χ0v) is 17.7. The Balaban J connectivity index is 1.52. The molecule has 2 amide bonds. The van der Waals surface area contributed by atoms with E-state index < -0.39 is 18.2 Å². The first-order valence-corrected chi connectivity index (χ1v) is 10.4. The first-order valence-electron chi connectivity index (χ1n) is 10.4. The van der Waals surface area contributed by atoms with E-state index in [2.05, 4.69) is 19.9 Å². The fourth-order valence-electron chi connectivity index (χ4n) is 3.61. The lowest BCUT2D eigenvalue weighted by atomic mass is 10.3. The fraction of sp³-hybridized carbons (Fsp3) is 0.476. The number of pyridine rings is 1. The number of carbonyl (C=O) groups excluding carboxylic acids is 2. The van der Waals surface area contributed by atoms with Gasteiger partial charge in [-0.05, 0) is 25.5 Å². The monoisotopic (exact) mass is 426 g/mol. The van der Waals surface area contributed by atoms with E-state index in [0.717, 1.165) is 25.2 Å². The second-order valence-corrected chi connectivity index (χ2v) is 7.43. The lowest BCUT2D eigenvalue weighted by Gasteiger charge is -2.30. The van der Waals surface area contributed by atoms with Crippen LogP contribution < -0.4 is 4.90 Å². The Kier molecular flexibility index (Phi) is 6.38. The van der Waals surface area contributed by atoms with Gasteiger partial charge in [0.25, 0.3) is 5.91 Å². The van der Waals surface area contributed by atoms with Gasteiger partial charge in [0, 0.05) is 51.3 Å². The number of nitrogens with zero attached hydrogens (tertiary/aromatic N) is 6. The van der Waals surface area contributed by atoms with Gasteiger partial charge in [-0.3, -0.25) is 14.7 Å². The summed E-state index contributed by atoms with van der Waals surface area (Å²) < 4.78 is 11.2. The molecule has 1 atom stereocenters. The van der Waals surface area contributed by atoms with Crippen molar-refractivity contribution in [3.05, 3.63) is 47.7 Å². The van der Waals surface area contributed by atoms with Gasteiger partial charge in [0.15, 0.2) is 5.69 Å². The van der Waals surface area contributed by atoms with Crippen molar-refractivity contribution < 1.29 is 19.1 Å². The molecule has 10 nitrogen and oxygen atoms in total. The van der Waals surface area contributed by atoms with Crippen LogP contribution in [0.4, 0.5) is 10.6 Å². The Bertz CT molecular complexity index is 932. The largest absolute Gasteiger partial charge is 0.419 e. The van der Waals surface area contributed by atoms with Crippen molar-refractivity contribution in [2.24, 2.45) is 0 Å². The smallest absolute Gasteiger partial charge is 0.412 e. The third kappa shape index (κ3) is 4.49. The summed E-state index contributed by atoms with van der Waals surface area (Å²) in [6, 6.07) is 3.56.